The van der Waals surface area contributed by atoms with Gasteiger partial charge in [0.15, 0.2) is 5.76 Å². The highest BCUT2D eigenvalue weighted by Gasteiger charge is 2.39. The van der Waals surface area contributed by atoms with Crippen molar-refractivity contribution in [2.24, 2.45) is 0 Å². The lowest BCUT2D eigenvalue weighted by Crippen LogP contribution is -2.22. The predicted molar refractivity (Wildman–Crippen MR) is 65.9 cm³/mol. The zero-order chi connectivity index (χ0) is 14.4. The number of ketones is 2. The molecule has 2 aromatic heterocycles. The van der Waals surface area contributed by atoms with Gasteiger partial charge in [0.1, 0.15) is 17.0 Å². The minimum absolute atomic E-state index is 0.0165. The zero-order valence-corrected chi connectivity index (χ0v) is 10.7. The maximum atomic E-state index is 12.4. The molecule has 1 aliphatic carbocycles. The summed E-state index contributed by atoms with van der Waals surface area (Å²) in [6, 6.07) is 3.06. The highest BCUT2D eigenvalue weighted by atomic mass is 16.5. The third-order valence-electron chi connectivity index (χ3n) is 3.17. The molecule has 0 spiro atoms. The Bertz CT molecular complexity index is 772. The molecular weight excluding hydrogens is 262 g/mol. The van der Waals surface area contributed by atoms with Crippen molar-refractivity contribution < 1.29 is 23.5 Å². The number of hydrogen-bond donors (Lipinski definition) is 0. The van der Waals surface area contributed by atoms with E-state index in [0.29, 0.717) is 0 Å². The van der Waals surface area contributed by atoms with Crippen LogP contribution in [0, 0.1) is 6.92 Å². The quantitative estimate of drug-likeness (QED) is 0.624. The van der Waals surface area contributed by atoms with E-state index in [2.05, 4.69) is 9.72 Å². The van der Waals surface area contributed by atoms with Crippen LogP contribution >= 0.6 is 0 Å². The van der Waals surface area contributed by atoms with Crippen molar-refractivity contribution in [2.75, 3.05) is 7.11 Å². The molecule has 2 aromatic rings. The van der Waals surface area contributed by atoms with E-state index in [1.54, 1.807) is 6.07 Å². The number of fused-ring (bicyclic) bond motifs is 2. The molecule has 0 saturated heterocycles. The maximum absolute atomic E-state index is 12.4. The SMILES string of the molecule is COC(=O)c1c(C)oc2c1C(=O)c1ncccc1C2=O. The number of carbonyl (C=O) groups is 3. The van der Waals surface area contributed by atoms with Gasteiger partial charge < -0.3 is 9.15 Å². The van der Waals surface area contributed by atoms with Crippen LogP contribution in [0.3, 0.4) is 0 Å². The molecule has 0 fully saturated rings. The van der Waals surface area contributed by atoms with Gasteiger partial charge in [0.2, 0.25) is 11.6 Å². The molecule has 0 aliphatic heterocycles. The number of pyridine rings is 1. The lowest BCUT2D eigenvalue weighted by molar-refractivity contribution is 0.0596. The van der Waals surface area contributed by atoms with Gasteiger partial charge in [0.05, 0.1) is 18.2 Å². The molecule has 0 atom stereocenters. The molecule has 0 unspecified atom stereocenters. The average Bonchev–Trinajstić information content (AvgIpc) is 2.82. The fourth-order valence-corrected chi connectivity index (χ4v) is 2.28. The molecule has 0 radical (unpaired) electrons. The van der Waals surface area contributed by atoms with E-state index in [4.69, 9.17) is 4.42 Å². The molecule has 6 heteroatoms. The highest BCUT2D eigenvalue weighted by Crippen LogP contribution is 2.32. The molecule has 0 amide bonds. The number of aromatic nitrogens is 1. The van der Waals surface area contributed by atoms with E-state index in [-0.39, 0.29) is 33.9 Å². The third-order valence-corrected chi connectivity index (χ3v) is 3.17. The van der Waals surface area contributed by atoms with E-state index < -0.39 is 17.5 Å². The summed E-state index contributed by atoms with van der Waals surface area (Å²) >= 11 is 0. The van der Waals surface area contributed by atoms with E-state index in [1.807, 2.05) is 0 Å². The molecular formula is C14H9NO5. The molecule has 3 rings (SSSR count). The lowest BCUT2D eigenvalue weighted by atomic mass is 9.90. The van der Waals surface area contributed by atoms with Gasteiger partial charge in [-0.25, -0.2) is 4.79 Å². The first-order valence-corrected chi connectivity index (χ1v) is 5.82. The highest BCUT2D eigenvalue weighted by molar-refractivity contribution is 6.29. The van der Waals surface area contributed by atoms with Crippen LogP contribution < -0.4 is 0 Å². The van der Waals surface area contributed by atoms with Gasteiger partial charge in [-0.3, -0.25) is 14.6 Å². The van der Waals surface area contributed by atoms with E-state index >= 15 is 0 Å². The first-order valence-electron chi connectivity index (χ1n) is 5.82. The van der Waals surface area contributed by atoms with Crippen molar-refractivity contribution in [2.45, 2.75) is 6.92 Å². The van der Waals surface area contributed by atoms with Gasteiger partial charge in [-0.1, -0.05) is 0 Å². The Morgan fingerprint density at radius 1 is 1.30 bits per heavy atom. The van der Waals surface area contributed by atoms with Gasteiger partial charge in [-0.05, 0) is 19.1 Å². The van der Waals surface area contributed by atoms with Crippen LogP contribution in [0.1, 0.15) is 48.3 Å². The molecule has 0 bridgehead atoms. The van der Waals surface area contributed by atoms with Crippen molar-refractivity contribution in [3.63, 3.8) is 0 Å². The fourth-order valence-electron chi connectivity index (χ4n) is 2.28. The van der Waals surface area contributed by atoms with Crippen LogP contribution in [0.5, 0.6) is 0 Å². The lowest BCUT2D eigenvalue weighted by Gasteiger charge is -2.12. The fraction of sp³-hybridized carbons (Fsp3) is 0.143. The van der Waals surface area contributed by atoms with E-state index in [1.165, 1.54) is 26.3 Å². The normalized spacial score (nSPS) is 12.9. The third kappa shape index (κ3) is 1.45. The minimum atomic E-state index is -0.715. The number of esters is 1. The Labute approximate surface area is 113 Å². The van der Waals surface area contributed by atoms with Gasteiger partial charge in [0, 0.05) is 6.20 Å². The van der Waals surface area contributed by atoms with Gasteiger partial charge in [0.25, 0.3) is 0 Å². The van der Waals surface area contributed by atoms with Crippen LogP contribution in [0.2, 0.25) is 0 Å². The van der Waals surface area contributed by atoms with Crippen molar-refractivity contribution in [3.05, 3.63) is 52.2 Å². The Hall–Kier alpha value is -2.76. The zero-order valence-electron chi connectivity index (χ0n) is 10.7. The van der Waals surface area contributed by atoms with Crippen LogP contribution in [-0.4, -0.2) is 29.6 Å². The number of nitrogens with zero attached hydrogens (tertiary/aromatic N) is 1. The first-order chi connectivity index (χ1) is 9.56. The monoisotopic (exact) mass is 271 g/mol. The number of carbonyl (C=O) groups excluding carboxylic acids is 3. The summed E-state index contributed by atoms with van der Waals surface area (Å²) < 4.78 is 9.93. The van der Waals surface area contributed by atoms with Crippen LogP contribution in [0.15, 0.2) is 22.7 Å². The topological polar surface area (TPSA) is 86.5 Å². The summed E-state index contributed by atoms with van der Waals surface area (Å²) in [7, 11) is 1.20. The predicted octanol–water partition coefficient (Wildman–Crippen LogP) is 1.55. The number of methoxy groups -OCH3 is 1. The second-order valence-electron chi connectivity index (χ2n) is 4.29. The Morgan fingerprint density at radius 3 is 2.75 bits per heavy atom. The molecule has 2 heterocycles. The Balaban J connectivity index is 2.32. The minimum Gasteiger partial charge on any atom is -0.465 e. The largest absolute Gasteiger partial charge is 0.465 e. The van der Waals surface area contributed by atoms with E-state index in [0.717, 1.165) is 0 Å². The smallest absolute Gasteiger partial charge is 0.342 e. The van der Waals surface area contributed by atoms with Crippen molar-refractivity contribution in [1.29, 1.82) is 0 Å². The van der Waals surface area contributed by atoms with Crippen LogP contribution in [0.4, 0.5) is 0 Å². The summed E-state index contributed by atoms with van der Waals surface area (Å²) in [5, 5.41) is 0. The molecule has 20 heavy (non-hydrogen) atoms. The Kier molecular flexibility index (Phi) is 2.53. The number of rotatable bonds is 1. The maximum Gasteiger partial charge on any atom is 0.342 e. The van der Waals surface area contributed by atoms with Gasteiger partial charge in [-0.2, -0.15) is 0 Å². The standard InChI is InChI=1S/C14H9NO5/c1-6-8(14(18)19-2)9-12(17)10-7(4-3-5-15-10)11(16)13(9)20-6/h3-5H,1-2H3. The van der Waals surface area contributed by atoms with Crippen LogP contribution in [0.25, 0.3) is 0 Å². The van der Waals surface area contributed by atoms with Gasteiger partial charge in [-0.15, -0.1) is 0 Å². The van der Waals surface area contributed by atoms with E-state index in [9.17, 15) is 14.4 Å². The van der Waals surface area contributed by atoms with Gasteiger partial charge >= 0.3 is 5.97 Å². The molecule has 0 N–H and O–H groups in total. The summed E-state index contributed by atoms with van der Waals surface area (Å²) in [4.78, 5) is 40.4. The summed E-state index contributed by atoms with van der Waals surface area (Å²) in [6.07, 6.45) is 1.42. The molecule has 1 aliphatic rings. The van der Waals surface area contributed by atoms with Crippen molar-refractivity contribution in [1.82, 2.24) is 4.98 Å². The number of hydrogen-bond acceptors (Lipinski definition) is 6. The number of ether oxygens (including phenoxy) is 1. The second kappa shape index (κ2) is 4.12. The first kappa shape index (κ1) is 12.3. The Morgan fingerprint density at radius 2 is 2.05 bits per heavy atom. The summed E-state index contributed by atoms with van der Waals surface area (Å²) in [5.74, 6) is -1.63. The molecule has 0 aromatic carbocycles. The second-order valence-corrected chi connectivity index (χ2v) is 4.29. The molecule has 100 valence electrons. The number of aryl methyl sites for hydroxylation is 1. The number of furan rings is 1. The summed E-state index contributed by atoms with van der Waals surface area (Å²) in [6.45, 7) is 1.50. The average molecular weight is 271 g/mol. The van der Waals surface area contributed by atoms with Crippen LogP contribution in [-0.2, 0) is 4.74 Å². The van der Waals surface area contributed by atoms with Crippen molar-refractivity contribution >= 4 is 17.5 Å². The summed E-state index contributed by atoms with van der Waals surface area (Å²) in [5.41, 5.74) is 0.119. The molecule has 6 nitrogen and oxygen atoms in total. The molecule has 0 saturated carbocycles. The van der Waals surface area contributed by atoms with Crippen molar-refractivity contribution in [3.8, 4) is 0 Å².